The van der Waals surface area contributed by atoms with Crippen molar-refractivity contribution in [3.05, 3.63) is 44.9 Å². The highest BCUT2D eigenvalue weighted by Gasteiger charge is 2.27. The number of aromatic amines is 1. The van der Waals surface area contributed by atoms with Crippen LogP contribution < -0.4 is 5.32 Å². The van der Waals surface area contributed by atoms with Gasteiger partial charge in [0.1, 0.15) is 11.5 Å². The zero-order chi connectivity index (χ0) is 14.0. The molecule has 1 amide bonds. The van der Waals surface area contributed by atoms with Crippen molar-refractivity contribution in [1.82, 2.24) is 15.2 Å². The Morgan fingerprint density at radius 3 is 2.84 bits per heavy atom. The number of halogens is 1. The highest BCUT2D eigenvalue weighted by molar-refractivity contribution is 6.30. The standard InChI is InChI=1S/C10H8ClN5O3/c1-5-9(16(18)19)8(15-14-5)10(17)13-7-3-2-6(11)4-12-7/h2-4H,1H3,(H,14,15)(H,12,13,17). The maximum atomic E-state index is 11.9. The Labute approximate surface area is 112 Å². The third-order valence-corrected chi connectivity index (χ3v) is 2.51. The summed E-state index contributed by atoms with van der Waals surface area (Å²) in [7, 11) is 0. The Kier molecular flexibility index (Phi) is 3.43. The van der Waals surface area contributed by atoms with Gasteiger partial charge in [0.2, 0.25) is 5.69 Å². The summed E-state index contributed by atoms with van der Waals surface area (Å²) >= 11 is 5.65. The summed E-state index contributed by atoms with van der Waals surface area (Å²) in [5.74, 6) is -0.491. The highest BCUT2D eigenvalue weighted by atomic mass is 35.5. The summed E-state index contributed by atoms with van der Waals surface area (Å²) in [6.45, 7) is 1.46. The molecular weight excluding hydrogens is 274 g/mol. The molecule has 8 nitrogen and oxygen atoms in total. The Hall–Kier alpha value is -2.48. The summed E-state index contributed by atoms with van der Waals surface area (Å²) in [4.78, 5) is 25.9. The number of nitrogens with one attached hydrogen (secondary N) is 2. The largest absolute Gasteiger partial charge is 0.322 e. The Morgan fingerprint density at radius 1 is 1.53 bits per heavy atom. The molecule has 0 aliphatic heterocycles. The van der Waals surface area contributed by atoms with Crippen LogP contribution in [0.1, 0.15) is 16.2 Å². The van der Waals surface area contributed by atoms with E-state index in [9.17, 15) is 14.9 Å². The molecule has 0 aromatic carbocycles. The van der Waals surface area contributed by atoms with Gasteiger partial charge < -0.3 is 5.32 Å². The van der Waals surface area contributed by atoms with Crippen molar-refractivity contribution in [3.8, 4) is 0 Å². The van der Waals surface area contributed by atoms with E-state index in [0.717, 1.165) is 0 Å². The van der Waals surface area contributed by atoms with Crippen LogP contribution in [0.2, 0.25) is 5.02 Å². The van der Waals surface area contributed by atoms with Crippen LogP contribution in [0.4, 0.5) is 11.5 Å². The summed E-state index contributed by atoms with van der Waals surface area (Å²) in [6, 6.07) is 3.01. The lowest BCUT2D eigenvalue weighted by atomic mass is 10.3. The van der Waals surface area contributed by atoms with Crippen LogP contribution in [0.3, 0.4) is 0 Å². The van der Waals surface area contributed by atoms with Gasteiger partial charge in [-0.05, 0) is 19.1 Å². The smallest absolute Gasteiger partial charge is 0.305 e. The number of rotatable bonds is 3. The van der Waals surface area contributed by atoms with Gasteiger partial charge in [-0.15, -0.1) is 0 Å². The predicted molar refractivity (Wildman–Crippen MR) is 67.2 cm³/mol. The third-order valence-electron chi connectivity index (χ3n) is 2.28. The molecule has 0 radical (unpaired) electrons. The number of anilines is 1. The maximum absolute atomic E-state index is 11.9. The number of aromatic nitrogens is 3. The molecule has 2 N–H and O–H groups in total. The minimum absolute atomic E-state index is 0.208. The second-order valence-corrected chi connectivity index (χ2v) is 4.06. The van der Waals surface area contributed by atoms with E-state index in [4.69, 9.17) is 11.6 Å². The van der Waals surface area contributed by atoms with E-state index in [1.807, 2.05) is 0 Å². The average Bonchev–Trinajstić information content (AvgIpc) is 2.74. The van der Waals surface area contributed by atoms with E-state index in [-0.39, 0.29) is 22.9 Å². The first kappa shape index (κ1) is 13.0. The van der Waals surface area contributed by atoms with E-state index in [1.165, 1.54) is 25.3 Å². The Bertz CT molecular complexity index is 637. The molecule has 0 aliphatic carbocycles. The third kappa shape index (κ3) is 2.68. The molecule has 0 saturated carbocycles. The van der Waals surface area contributed by atoms with Crippen LogP contribution in [-0.4, -0.2) is 26.0 Å². The number of nitrogens with zero attached hydrogens (tertiary/aromatic N) is 3. The molecule has 0 unspecified atom stereocenters. The SMILES string of the molecule is Cc1[nH]nc(C(=O)Nc2ccc(Cl)cn2)c1[N+](=O)[O-]. The monoisotopic (exact) mass is 281 g/mol. The lowest BCUT2D eigenvalue weighted by Crippen LogP contribution is -2.15. The first-order valence-electron chi connectivity index (χ1n) is 5.11. The minimum Gasteiger partial charge on any atom is -0.305 e. The molecule has 0 bridgehead atoms. The summed E-state index contributed by atoms with van der Waals surface area (Å²) in [5, 5.41) is 19.7. The number of H-pyrrole nitrogens is 1. The van der Waals surface area contributed by atoms with E-state index in [1.54, 1.807) is 0 Å². The quantitative estimate of drug-likeness (QED) is 0.659. The van der Waals surface area contributed by atoms with Gasteiger partial charge in [-0.1, -0.05) is 11.6 Å². The minimum atomic E-state index is -0.717. The number of aryl methyl sites for hydroxylation is 1. The van der Waals surface area contributed by atoms with Gasteiger partial charge in [0.15, 0.2) is 0 Å². The average molecular weight is 282 g/mol. The van der Waals surface area contributed by atoms with Gasteiger partial charge in [0, 0.05) is 6.20 Å². The molecule has 0 fully saturated rings. The Balaban J connectivity index is 2.25. The summed E-state index contributed by atoms with van der Waals surface area (Å²) in [6.07, 6.45) is 1.35. The molecule has 0 atom stereocenters. The van der Waals surface area contributed by atoms with Gasteiger partial charge in [-0.25, -0.2) is 4.98 Å². The van der Waals surface area contributed by atoms with Crippen LogP contribution in [0.25, 0.3) is 0 Å². The number of carbonyl (C=O) groups excluding carboxylic acids is 1. The van der Waals surface area contributed by atoms with Crippen LogP contribution in [0.5, 0.6) is 0 Å². The zero-order valence-corrected chi connectivity index (χ0v) is 10.4. The molecule has 2 rings (SSSR count). The van der Waals surface area contributed by atoms with Crippen LogP contribution in [-0.2, 0) is 0 Å². The lowest BCUT2D eigenvalue weighted by Gasteiger charge is -2.01. The van der Waals surface area contributed by atoms with E-state index in [2.05, 4.69) is 20.5 Å². The van der Waals surface area contributed by atoms with Crippen LogP contribution in [0, 0.1) is 17.0 Å². The van der Waals surface area contributed by atoms with Crippen molar-refractivity contribution in [1.29, 1.82) is 0 Å². The van der Waals surface area contributed by atoms with Crippen molar-refractivity contribution in [2.45, 2.75) is 6.92 Å². The predicted octanol–water partition coefficient (Wildman–Crippen LogP) is 1.93. The van der Waals surface area contributed by atoms with Crippen molar-refractivity contribution >= 4 is 29.0 Å². The normalized spacial score (nSPS) is 10.2. The number of amides is 1. The molecule has 2 heterocycles. The molecule has 9 heteroatoms. The summed E-state index contributed by atoms with van der Waals surface area (Å²) < 4.78 is 0. The molecule has 19 heavy (non-hydrogen) atoms. The van der Waals surface area contributed by atoms with Gasteiger partial charge >= 0.3 is 5.69 Å². The van der Waals surface area contributed by atoms with Crippen molar-refractivity contribution < 1.29 is 9.72 Å². The second kappa shape index (κ2) is 5.02. The number of carbonyl (C=O) groups is 1. The fourth-order valence-corrected chi connectivity index (χ4v) is 1.54. The van der Waals surface area contributed by atoms with Crippen molar-refractivity contribution in [2.24, 2.45) is 0 Å². The van der Waals surface area contributed by atoms with Crippen LogP contribution >= 0.6 is 11.6 Å². The number of nitro groups is 1. The molecule has 98 valence electrons. The number of hydrogen-bond acceptors (Lipinski definition) is 5. The Morgan fingerprint density at radius 2 is 2.26 bits per heavy atom. The van der Waals surface area contributed by atoms with Gasteiger partial charge in [0.05, 0.1) is 9.95 Å². The topological polar surface area (TPSA) is 114 Å². The van der Waals surface area contributed by atoms with E-state index >= 15 is 0 Å². The summed E-state index contributed by atoms with van der Waals surface area (Å²) in [5.41, 5.74) is -0.440. The van der Waals surface area contributed by atoms with Crippen LogP contribution in [0.15, 0.2) is 18.3 Å². The molecule has 0 saturated heterocycles. The van der Waals surface area contributed by atoms with Gasteiger partial charge in [0.25, 0.3) is 5.91 Å². The van der Waals surface area contributed by atoms with Gasteiger partial charge in [-0.3, -0.25) is 20.0 Å². The molecule has 2 aromatic rings. The van der Waals surface area contributed by atoms with E-state index in [0.29, 0.717) is 5.02 Å². The lowest BCUT2D eigenvalue weighted by molar-refractivity contribution is -0.385. The van der Waals surface area contributed by atoms with E-state index < -0.39 is 10.8 Å². The molecule has 0 aliphatic rings. The first-order valence-corrected chi connectivity index (χ1v) is 5.49. The number of hydrogen-bond donors (Lipinski definition) is 2. The van der Waals surface area contributed by atoms with Crippen molar-refractivity contribution in [2.75, 3.05) is 5.32 Å². The second-order valence-electron chi connectivity index (χ2n) is 3.62. The van der Waals surface area contributed by atoms with Gasteiger partial charge in [-0.2, -0.15) is 5.10 Å². The van der Waals surface area contributed by atoms with Crippen molar-refractivity contribution in [3.63, 3.8) is 0 Å². The molecular formula is C10H8ClN5O3. The maximum Gasteiger partial charge on any atom is 0.322 e. The molecule has 0 spiro atoms. The first-order chi connectivity index (χ1) is 8.99. The number of pyridine rings is 1. The molecule has 2 aromatic heterocycles. The fraction of sp³-hybridized carbons (Fsp3) is 0.100. The zero-order valence-electron chi connectivity index (χ0n) is 9.68. The highest BCUT2D eigenvalue weighted by Crippen LogP contribution is 2.21. The fourth-order valence-electron chi connectivity index (χ4n) is 1.43.